The molecule has 1 saturated heterocycles. The Morgan fingerprint density at radius 2 is 1.89 bits per heavy atom. The van der Waals surface area contributed by atoms with Gasteiger partial charge >= 0.3 is 6.03 Å². The van der Waals surface area contributed by atoms with Crippen LogP contribution in [0.5, 0.6) is 5.75 Å². The van der Waals surface area contributed by atoms with Crippen LogP contribution in [-0.2, 0) is 14.8 Å². The number of methoxy groups -OCH3 is 1. The van der Waals surface area contributed by atoms with Crippen molar-refractivity contribution in [2.75, 3.05) is 38.7 Å². The first-order chi connectivity index (χ1) is 13.0. The van der Waals surface area contributed by atoms with Crippen molar-refractivity contribution >= 4 is 21.7 Å². The lowest BCUT2D eigenvalue weighted by Gasteiger charge is -2.26. The third-order valence-corrected chi connectivity index (χ3v) is 6.86. The molecule has 0 unspecified atom stereocenters. The van der Waals surface area contributed by atoms with E-state index in [1.165, 1.54) is 30.0 Å². The third kappa shape index (κ3) is 4.91. The molecule has 1 saturated carbocycles. The Hall–Kier alpha value is -1.84. The summed E-state index contributed by atoms with van der Waals surface area (Å²) in [5, 5.41) is 5.70. The minimum Gasteiger partial charge on any atom is -0.495 e. The summed E-state index contributed by atoms with van der Waals surface area (Å²) >= 11 is 0. The number of urea groups is 1. The van der Waals surface area contributed by atoms with Gasteiger partial charge in [0.2, 0.25) is 10.0 Å². The average molecular weight is 397 g/mol. The van der Waals surface area contributed by atoms with Crippen molar-refractivity contribution in [1.82, 2.24) is 9.62 Å². The van der Waals surface area contributed by atoms with Crippen molar-refractivity contribution < 1.29 is 22.7 Å². The highest BCUT2D eigenvalue weighted by molar-refractivity contribution is 7.89. The highest BCUT2D eigenvalue weighted by Crippen LogP contribution is 2.29. The maximum Gasteiger partial charge on any atom is 0.319 e. The SMILES string of the molecule is COc1ccc(S(=O)(=O)N2CCOCC2)cc1NC(=O)NC1CCCCC1. The van der Waals surface area contributed by atoms with E-state index < -0.39 is 10.0 Å². The van der Waals surface area contributed by atoms with Gasteiger partial charge in [0.1, 0.15) is 5.75 Å². The number of nitrogens with one attached hydrogen (secondary N) is 2. The molecule has 0 spiro atoms. The van der Waals surface area contributed by atoms with Crippen LogP contribution in [0.3, 0.4) is 0 Å². The first-order valence-electron chi connectivity index (χ1n) is 9.34. The quantitative estimate of drug-likeness (QED) is 0.794. The third-order valence-electron chi connectivity index (χ3n) is 4.97. The van der Waals surface area contributed by atoms with Crippen molar-refractivity contribution in [2.45, 2.75) is 43.0 Å². The van der Waals surface area contributed by atoms with Crippen molar-refractivity contribution in [3.63, 3.8) is 0 Å². The molecular formula is C18H27N3O5S. The van der Waals surface area contributed by atoms with Gasteiger partial charge < -0.3 is 20.1 Å². The number of amides is 2. The fourth-order valence-electron chi connectivity index (χ4n) is 3.47. The number of sulfonamides is 1. The molecule has 9 heteroatoms. The molecule has 0 radical (unpaired) electrons. The van der Waals surface area contributed by atoms with Crippen LogP contribution in [0.4, 0.5) is 10.5 Å². The van der Waals surface area contributed by atoms with Crippen molar-refractivity contribution in [3.05, 3.63) is 18.2 Å². The van der Waals surface area contributed by atoms with Crippen LogP contribution in [0.15, 0.2) is 23.1 Å². The van der Waals surface area contributed by atoms with E-state index in [0.29, 0.717) is 37.7 Å². The van der Waals surface area contributed by atoms with E-state index in [2.05, 4.69) is 10.6 Å². The fraction of sp³-hybridized carbons (Fsp3) is 0.611. The average Bonchev–Trinajstić information content (AvgIpc) is 2.69. The standard InChI is InChI=1S/C18H27N3O5S/c1-25-17-8-7-15(27(23,24)21-9-11-26-12-10-21)13-16(17)20-18(22)19-14-5-3-2-4-6-14/h7-8,13-14H,2-6,9-12H2,1H3,(H2,19,20,22). The molecule has 1 aliphatic carbocycles. The molecular weight excluding hydrogens is 370 g/mol. The second-order valence-corrected chi connectivity index (χ2v) is 8.75. The van der Waals surface area contributed by atoms with Gasteiger partial charge in [-0.3, -0.25) is 0 Å². The first-order valence-corrected chi connectivity index (χ1v) is 10.8. The van der Waals surface area contributed by atoms with Gasteiger partial charge in [-0.1, -0.05) is 19.3 Å². The Balaban J connectivity index is 1.75. The number of anilines is 1. The van der Waals surface area contributed by atoms with Crippen LogP contribution in [-0.4, -0.2) is 58.2 Å². The molecule has 3 rings (SSSR count). The predicted molar refractivity (Wildman–Crippen MR) is 102 cm³/mol. The van der Waals surface area contributed by atoms with Crippen molar-refractivity contribution in [1.29, 1.82) is 0 Å². The number of carbonyl (C=O) groups excluding carboxylic acids is 1. The molecule has 27 heavy (non-hydrogen) atoms. The zero-order valence-corrected chi connectivity index (χ0v) is 16.4. The molecule has 2 amide bonds. The molecule has 8 nitrogen and oxygen atoms in total. The Kier molecular flexibility index (Phi) is 6.56. The van der Waals surface area contributed by atoms with Crippen LogP contribution >= 0.6 is 0 Å². The molecule has 0 aromatic heterocycles. The van der Waals surface area contributed by atoms with Gasteiger partial charge in [0, 0.05) is 19.1 Å². The van der Waals surface area contributed by atoms with E-state index in [4.69, 9.17) is 9.47 Å². The van der Waals surface area contributed by atoms with Gasteiger partial charge in [0.25, 0.3) is 0 Å². The van der Waals surface area contributed by atoms with Gasteiger partial charge in [-0.05, 0) is 31.0 Å². The predicted octanol–water partition coefficient (Wildman–Crippen LogP) is 2.17. The Bertz CT molecular complexity index is 756. The summed E-state index contributed by atoms with van der Waals surface area (Å²) in [6.45, 7) is 1.40. The number of nitrogens with zero attached hydrogens (tertiary/aromatic N) is 1. The summed E-state index contributed by atoms with van der Waals surface area (Å²) in [4.78, 5) is 12.5. The second-order valence-electron chi connectivity index (χ2n) is 6.81. The minimum atomic E-state index is -3.65. The zero-order chi connectivity index (χ0) is 19.3. The summed E-state index contributed by atoms with van der Waals surface area (Å²) in [7, 11) is -2.16. The molecule has 2 N–H and O–H groups in total. The van der Waals surface area contributed by atoms with E-state index in [1.807, 2.05) is 0 Å². The summed E-state index contributed by atoms with van der Waals surface area (Å²) in [6.07, 6.45) is 5.37. The van der Waals surface area contributed by atoms with E-state index in [9.17, 15) is 13.2 Å². The number of morpholine rings is 1. The molecule has 0 bridgehead atoms. The van der Waals surface area contributed by atoms with Crippen LogP contribution in [0.1, 0.15) is 32.1 Å². The van der Waals surface area contributed by atoms with Gasteiger partial charge in [-0.25, -0.2) is 13.2 Å². The van der Waals surface area contributed by atoms with Gasteiger partial charge in [0.05, 0.1) is 30.9 Å². The first kappa shape index (κ1) is 19.9. The van der Waals surface area contributed by atoms with E-state index in [0.717, 1.165) is 25.7 Å². The normalized spacial score (nSPS) is 19.4. The Morgan fingerprint density at radius 3 is 2.56 bits per heavy atom. The van der Waals surface area contributed by atoms with E-state index in [1.54, 1.807) is 6.07 Å². The fourth-order valence-corrected chi connectivity index (χ4v) is 4.91. The summed E-state index contributed by atoms with van der Waals surface area (Å²) in [6, 6.07) is 4.31. The molecule has 1 aromatic rings. The number of rotatable bonds is 5. The zero-order valence-electron chi connectivity index (χ0n) is 15.6. The van der Waals surface area contributed by atoms with Gasteiger partial charge in [0.15, 0.2) is 0 Å². The second kappa shape index (κ2) is 8.90. The molecule has 2 fully saturated rings. The summed E-state index contributed by atoms with van der Waals surface area (Å²) < 4.78 is 37.6. The topological polar surface area (TPSA) is 97.0 Å². The number of benzene rings is 1. The number of carbonyl (C=O) groups is 1. The highest BCUT2D eigenvalue weighted by atomic mass is 32.2. The van der Waals surface area contributed by atoms with Crippen LogP contribution in [0.2, 0.25) is 0 Å². The maximum atomic E-state index is 12.8. The van der Waals surface area contributed by atoms with Gasteiger partial charge in [-0.15, -0.1) is 0 Å². The monoisotopic (exact) mass is 397 g/mol. The lowest BCUT2D eigenvalue weighted by molar-refractivity contribution is 0.0730. The van der Waals surface area contributed by atoms with Crippen LogP contribution < -0.4 is 15.4 Å². The molecule has 1 heterocycles. The van der Waals surface area contributed by atoms with E-state index >= 15 is 0 Å². The summed E-state index contributed by atoms with van der Waals surface area (Å²) in [5.74, 6) is 0.412. The lowest BCUT2D eigenvalue weighted by Crippen LogP contribution is -2.40. The summed E-state index contributed by atoms with van der Waals surface area (Å²) in [5.41, 5.74) is 0.333. The van der Waals surface area contributed by atoms with Crippen LogP contribution in [0.25, 0.3) is 0 Å². The molecule has 1 aromatic carbocycles. The van der Waals surface area contributed by atoms with E-state index in [-0.39, 0.29) is 17.0 Å². The molecule has 0 atom stereocenters. The number of hydrogen-bond donors (Lipinski definition) is 2. The lowest BCUT2D eigenvalue weighted by atomic mass is 9.96. The Labute approximate surface area is 160 Å². The molecule has 2 aliphatic rings. The molecule has 1 aliphatic heterocycles. The van der Waals surface area contributed by atoms with Crippen molar-refractivity contribution in [3.8, 4) is 5.75 Å². The number of hydrogen-bond acceptors (Lipinski definition) is 5. The smallest absolute Gasteiger partial charge is 0.319 e. The van der Waals surface area contributed by atoms with Gasteiger partial charge in [-0.2, -0.15) is 4.31 Å². The van der Waals surface area contributed by atoms with Crippen LogP contribution in [0, 0.1) is 0 Å². The molecule has 150 valence electrons. The Morgan fingerprint density at radius 1 is 1.19 bits per heavy atom. The highest BCUT2D eigenvalue weighted by Gasteiger charge is 2.27. The number of ether oxygens (including phenoxy) is 2. The largest absolute Gasteiger partial charge is 0.495 e. The minimum absolute atomic E-state index is 0.123. The maximum absolute atomic E-state index is 12.8. The van der Waals surface area contributed by atoms with Crippen molar-refractivity contribution in [2.24, 2.45) is 0 Å².